The van der Waals surface area contributed by atoms with Crippen LogP contribution >= 0.6 is 11.6 Å². The third-order valence-electron chi connectivity index (χ3n) is 2.10. The third kappa shape index (κ3) is 2.23. The molecule has 0 spiro atoms. The maximum absolute atomic E-state index is 11.6. The van der Waals surface area contributed by atoms with Crippen molar-refractivity contribution in [1.82, 2.24) is 4.98 Å². The summed E-state index contributed by atoms with van der Waals surface area (Å²) in [5.74, 6) is 0.231. The Morgan fingerprint density at radius 2 is 2.31 bits per heavy atom. The van der Waals surface area contributed by atoms with Crippen LogP contribution in [0.2, 0.25) is 5.02 Å². The van der Waals surface area contributed by atoms with E-state index in [0.717, 1.165) is 0 Å². The summed E-state index contributed by atoms with van der Waals surface area (Å²) in [5, 5.41) is 10.0. The molecule has 1 N–H and O–H groups in total. The van der Waals surface area contributed by atoms with E-state index in [1.54, 1.807) is 19.1 Å². The molecule has 2 aromatic rings. The van der Waals surface area contributed by atoms with E-state index < -0.39 is 11.7 Å². The molecule has 0 bridgehead atoms. The van der Waals surface area contributed by atoms with E-state index in [1.807, 2.05) is 0 Å². The van der Waals surface area contributed by atoms with E-state index in [-0.39, 0.29) is 12.3 Å². The molecule has 1 aromatic heterocycles. The zero-order valence-corrected chi connectivity index (χ0v) is 9.36. The fraction of sp³-hybridized carbons (Fsp3) is 0.273. The van der Waals surface area contributed by atoms with Crippen LogP contribution in [-0.4, -0.2) is 16.2 Å². The van der Waals surface area contributed by atoms with Crippen LogP contribution in [0.1, 0.15) is 12.8 Å². The number of fused-ring (bicyclic) bond motifs is 1. The fourth-order valence-electron chi connectivity index (χ4n) is 1.43. The van der Waals surface area contributed by atoms with Gasteiger partial charge in [-0.05, 0) is 25.1 Å². The lowest BCUT2D eigenvalue weighted by molar-refractivity contribution is 0.183. The Kier molecular flexibility index (Phi) is 2.94. The van der Waals surface area contributed by atoms with Gasteiger partial charge in [-0.25, -0.2) is 9.78 Å². The normalized spacial score (nSPS) is 12.9. The number of nitrogens with zero attached hydrogens (tertiary/aromatic N) is 1. The predicted molar refractivity (Wildman–Crippen MR) is 60.7 cm³/mol. The van der Waals surface area contributed by atoms with Crippen molar-refractivity contribution in [2.75, 3.05) is 0 Å². The Labute approximate surface area is 96.5 Å². The second kappa shape index (κ2) is 4.23. The number of aliphatic hydroxyl groups is 1. The van der Waals surface area contributed by atoms with Crippen molar-refractivity contribution in [3.63, 3.8) is 0 Å². The minimum Gasteiger partial charge on any atom is -0.408 e. The minimum absolute atomic E-state index is 0.216. The van der Waals surface area contributed by atoms with Crippen LogP contribution in [0.5, 0.6) is 0 Å². The molecule has 2 rings (SSSR count). The highest BCUT2D eigenvalue weighted by molar-refractivity contribution is 6.31. The summed E-state index contributed by atoms with van der Waals surface area (Å²) in [5.41, 5.74) is 0.0412. The van der Waals surface area contributed by atoms with E-state index in [2.05, 4.69) is 4.98 Å². The molecule has 0 aliphatic heterocycles. The molecule has 0 aliphatic rings. The molecule has 84 valence electrons. The van der Waals surface area contributed by atoms with Crippen molar-refractivity contribution < 1.29 is 9.52 Å². The van der Waals surface area contributed by atoms with E-state index in [1.165, 1.54) is 6.07 Å². The monoisotopic (exact) mass is 239 g/mol. The Morgan fingerprint density at radius 3 is 3.00 bits per heavy atom. The van der Waals surface area contributed by atoms with Gasteiger partial charge in [-0.3, -0.25) is 0 Å². The summed E-state index contributed by atoms with van der Waals surface area (Å²) < 4.78 is 4.97. The maximum Gasteiger partial charge on any atom is 0.346 e. The average molecular weight is 240 g/mol. The molecule has 16 heavy (non-hydrogen) atoms. The zero-order valence-electron chi connectivity index (χ0n) is 8.61. The fourth-order valence-corrected chi connectivity index (χ4v) is 1.60. The summed E-state index contributed by atoms with van der Waals surface area (Å²) >= 11 is 5.77. The zero-order chi connectivity index (χ0) is 11.7. The highest BCUT2D eigenvalue weighted by atomic mass is 35.5. The standard InChI is InChI=1S/C11H10ClNO3/c1-6(14)4-10-13-9-3-2-7(12)5-8(9)11(15)16-10/h2-3,5-6,14H,4H2,1H3. The van der Waals surface area contributed by atoms with Crippen molar-refractivity contribution in [2.24, 2.45) is 0 Å². The first-order valence-corrected chi connectivity index (χ1v) is 5.21. The van der Waals surface area contributed by atoms with Crippen molar-refractivity contribution >= 4 is 22.5 Å². The number of hydrogen-bond donors (Lipinski definition) is 1. The largest absolute Gasteiger partial charge is 0.408 e. The van der Waals surface area contributed by atoms with Crippen LogP contribution in [0.4, 0.5) is 0 Å². The lowest BCUT2D eigenvalue weighted by atomic mass is 10.2. The molecular formula is C11H10ClNO3. The van der Waals surface area contributed by atoms with Gasteiger partial charge in [0.05, 0.1) is 23.4 Å². The van der Waals surface area contributed by atoms with Gasteiger partial charge in [0.1, 0.15) is 0 Å². The second-order valence-electron chi connectivity index (χ2n) is 3.61. The number of aromatic nitrogens is 1. The Bertz CT molecular complexity index is 577. The van der Waals surface area contributed by atoms with Crippen molar-refractivity contribution in [3.05, 3.63) is 39.5 Å². The lowest BCUT2D eigenvalue weighted by Gasteiger charge is -2.03. The SMILES string of the molecule is CC(O)Cc1nc2ccc(Cl)cc2c(=O)o1. The smallest absolute Gasteiger partial charge is 0.346 e. The van der Waals surface area contributed by atoms with Crippen LogP contribution in [0.25, 0.3) is 10.9 Å². The Morgan fingerprint density at radius 1 is 1.56 bits per heavy atom. The van der Waals surface area contributed by atoms with Crippen LogP contribution < -0.4 is 5.63 Å². The minimum atomic E-state index is -0.597. The van der Waals surface area contributed by atoms with Gasteiger partial charge in [0, 0.05) is 5.02 Å². The first kappa shape index (κ1) is 11.1. The van der Waals surface area contributed by atoms with Crippen LogP contribution in [0, 0.1) is 0 Å². The molecular weight excluding hydrogens is 230 g/mol. The van der Waals surface area contributed by atoms with Gasteiger partial charge in [-0.2, -0.15) is 0 Å². The molecule has 4 nitrogen and oxygen atoms in total. The molecule has 0 saturated carbocycles. The summed E-state index contributed by atoms with van der Waals surface area (Å²) in [6.45, 7) is 1.60. The molecule has 5 heteroatoms. The Hall–Kier alpha value is -1.39. The first-order chi connectivity index (χ1) is 7.56. The number of benzene rings is 1. The van der Waals surface area contributed by atoms with Crippen LogP contribution in [-0.2, 0) is 6.42 Å². The van der Waals surface area contributed by atoms with E-state index >= 15 is 0 Å². The maximum atomic E-state index is 11.6. The van der Waals surface area contributed by atoms with Crippen molar-refractivity contribution in [2.45, 2.75) is 19.4 Å². The summed E-state index contributed by atoms with van der Waals surface area (Å²) in [6, 6.07) is 4.82. The van der Waals surface area contributed by atoms with Gasteiger partial charge in [-0.15, -0.1) is 0 Å². The highest BCUT2D eigenvalue weighted by Crippen LogP contribution is 2.15. The molecule has 0 saturated heterocycles. The van der Waals surface area contributed by atoms with E-state index in [4.69, 9.17) is 16.0 Å². The molecule has 0 amide bonds. The molecule has 0 fully saturated rings. The first-order valence-electron chi connectivity index (χ1n) is 4.83. The van der Waals surface area contributed by atoms with Crippen LogP contribution in [0.3, 0.4) is 0 Å². The van der Waals surface area contributed by atoms with Gasteiger partial charge in [0.2, 0.25) is 5.89 Å². The third-order valence-corrected chi connectivity index (χ3v) is 2.34. The van der Waals surface area contributed by atoms with E-state index in [9.17, 15) is 9.90 Å². The quantitative estimate of drug-likeness (QED) is 0.868. The van der Waals surface area contributed by atoms with Gasteiger partial charge in [-0.1, -0.05) is 11.6 Å². The number of aliphatic hydroxyl groups excluding tert-OH is 1. The average Bonchev–Trinajstić information content (AvgIpc) is 2.18. The van der Waals surface area contributed by atoms with Gasteiger partial charge in [0.15, 0.2) is 0 Å². The predicted octanol–water partition coefficient (Wildman–Crippen LogP) is 1.76. The van der Waals surface area contributed by atoms with Crippen molar-refractivity contribution in [3.8, 4) is 0 Å². The van der Waals surface area contributed by atoms with Crippen LogP contribution in [0.15, 0.2) is 27.4 Å². The summed E-state index contributed by atoms with van der Waals surface area (Å²) in [4.78, 5) is 15.7. The number of hydrogen-bond acceptors (Lipinski definition) is 4. The highest BCUT2D eigenvalue weighted by Gasteiger charge is 2.08. The molecule has 1 atom stereocenters. The van der Waals surface area contributed by atoms with Crippen molar-refractivity contribution in [1.29, 1.82) is 0 Å². The molecule has 1 unspecified atom stereocenters. The summed E-state index contributed by atoms with van der Waals surface area (Å²) in [7, 11) is 0. The van der Waals surface area contributed by atoms with Gasteiger partial charge < -0.3 is 9.52 Å². The van der Waals surface area contributed by atoms with Gasteiger partial charge >= 0.3 is 5.63 Å². The second-order valence-corrected chi connectivity index (χ2v) is 4.05. The molecule has 0 radical (unpaired) electrons. The topological polar surface area (TPSA) is 63.3 Å². The molecule has 0 aliphatic carbocycles. The Balaban J connectivity index is 2.59. The lowest BCUT2D eigenvalue weighted by Crippen LogP contribution is -2.11. The van der Waals surface area contributed by atoms with E-state index in [0.29, 0.717) is 15.9 Å². The number of halogens is 1. The molecule has 1 aromatic carbocycles. The van der Waals surface area contributed by atoms with Gasteiger partial charge in [0.25, 0.3) is 0 Å². The number of rotatable bonds is 2. The summed E-state index contributed by atoms with van der Waals surface area (Å²) in [6.07, 6.45) is -0.381. The molecule has 1 heterocycles.